The van der Waals surface area contributed by atoms with Crippen LogP contribution in [0.15, 0.2) is 12.4 Å². The Morgan fingerprint density at radius 1 is 1.53 bits per heavy atom. The Hall–Kier alpha value is -0.920. The van der Waals surface area contributed by atoms with Gasteiger partial charge in [0.05, 0.1) is 24.8 Å². The number of hydrogen-bond donors (Lipinski definition) is 1. The zero-order chi connectivity index (χ0) is 11.3. The van der Waals surface area contributed by atoms with Crippen molar-refractivity contribution in [2.24, 2.45) is 0 Å². The van der Waals surface area contributed by atoms with Crippen LogP contribution in [-0.2, 0) is 14.8 Å². The normalized spacial score (nSPS) is 11.3. The molecule has 6 nitrogen and oxygen atoms in total. The van der Waals surface area contributed by atoms with Crippen molar-refractivity contribution in [3.8, 4) is 0 Å². The van der Waals surface area contributed by atoms with Gasteiger partial charge in [-0.25, -0.2) is 13.4 Å². The molecule has 0 fully saturated rings. The molecule has 0 aliphatic rings. The van der Waals surface area contributed by atoms with E-state index >= 15 is 0 Å². The van der Waals surface area contributed by atoms with E-state index < -0.39 is 10.0 Å². The predicted molar refractivity (Wildman–Crippen MR) is 56.3 cm³/mol. The largest absolute Gasteiger partial charge is 0.384 e. The highest BCUT2D eigenvalue weighted by Gasteiger charge is 2.10. The first-order valence-corrected chi connectivity index (χ1v) is 6.03. The molecule has 0 aromatic carbocycles. The second-order valence-corrected chi connectivity index (χ2v) is 4.87. The zero-order valence-electron chi connectivity index (χ0n) is 7.97. The summed E-state index contributed by atoms with van der Waals surface area (Å²) in [7, 11) is -2.02. The summed E-state index contributed by atoms with van der Waals surface area (Å²) in [5.74, 6) is -0.0452. The van der Waals surface area contributed by atoms with Gasteiger partial charge in [-0.15, -0.1) is 0 Å². The number of nitrogens with one attached hydrogen (secondary N) is 1. The summed E-state index contributed by atoms with van der Waals surface area (Å²) in [4.78, 5) is 7.43. The topological polar surface area (TPSA) is 81.2 Å². The van der Waals surface area contributed by atoms with Crippen LogP contribution in [0.2, 0.25) is 5.15 Å². The number of ether oxygens (including phenoxy) is 1. The molecule has 0 atom stereocenters. The minimum atomic E-state index is -3.45. The van der Waals surface area contributed by atoms with Gasteiger partial charge < -0.3 is 4.74 Å². The third-order valence-corrected chi connectivity index (χ3v) is 2.83. The van der Waals surface area contributed by atoms with E-state index in [0.29, 0.717) is 0 Å². The van der Waals surface area contributed by atoms with Gasteiger partial charge in [-0.1, -0.05) is 11.6 Å². The number of aromatic nitrogens is 2. The van der Waals surface area contributed by atoms with E-state index in [-0.39, 0.29) is 23.3 Å². The van der Waals surface area contributed by atoms with Crippen LogP contribution < -0.4 is 4.72 Å². The molecule has 8 heteroatoms. The van der Waals surface area contributed by atoms with Crippen LogP contribution in [0, 0.1) is 0 Å². The van der Waals surface area contributed by atoms with Crippen molar-refractivity contribution in [2.75, 3.05) is 24.2 Å². The number of nitrogens with zero attached hydrogens (tertiary/aromatic N) is 2. The van der Waals surface area contributed by atoms with E-state index in [9.17, 15) is 8.42 Å². The molecule has 1 aromatic heterocycles. The van der Waals surface area contributed by atoms with Crippen molar-refractivity contribution < 1.29 is 13.2 Å². The van der Waals surface area contributed by atoms with E-state index in [0.717, 1.165) is 0 Å². The highest BCUT2D eigenvalue weighted by molar-refractivity contribution is 7.92. The molecule has 0 saturated heterocycles. The molecular weight excluding hydrogens is 242 g/mol. The predicted octanol–water partition coefficient (Wildman–Crippen LogP) is 0.518. The molecule has 0 amide bonds. The molecule has 0 unspecified atom stereocenters. The van der Waals surface area contributed by atoms with Crippen molar-refractivity contribution in [3.63, 3.8) is 0 Å². The lowest BCUT2D eigenvalue weighted by atomic mass is 10.7. The molecular formula is C7H10ClN3O3S. The first-order valence-electron chi connectivity index (χ1n) is 4.00. The second kappa shape index (κ2) is 5.24. The Labute approximate surface area is 92.7 Å². The molecule has 1 heterocycles. The summed E-state index contributed by atoms with van der Waals surface area (Å²) in [5, 5.41) is 0.127. The van der Waals surface area contributed by atoms with Gasteiger partial charge in [0.25, 0.3) is 0 Å². The molecule has 0 radical (unpaired) electrons. The summed E-state index contributed by atoms with van der Waals surface area (Å²) in [5.41, 5.74) is 0. The maximum Gasteiger partial charge on any atom is 0.236 e. The maximum atomic E-state index is 11.4. The van der Waals surface area contributed by atoms with Crippen LogP contribution in [0.4, 0.5) is 5.82 Å². The van der Waals surface area contributed by atoms with Gasteiger partial charge in [0.2, 0.25) is 10.0 Å². The highest BCUT2D eigenvalue weighted by Crippen LogP contribution is 2.08. The monoisotopic (exact) mass is 251 g/mol. The minimum Gasteiger partial charge on any atom is -0.384 e. The molecule has 0 bridgehead atoms. The van der Waals surface area contributed by atoms with Gasteiger partial charge in [0, 0.05) is 7.11 Å². The molecule has 0 aliphatic heterocycles. The minimum absolute atomic E-state index is 0.0959. The molecule has 0 aliphatic carbocycles. The number of halogens is 1. The van der Waals surface area contributed by atoms with E-state index in [2.05, 4.69) is 19.4 Å². The van der Waals surface area contributed by atoms with Crippen molar-refractivity contribution in [3.05, 3.63) is 17.5 Å². The fourth-order valence-corrected chi connectivity index (χ4v) is 1.85. The van der Waals surface area contributed by atoms with E-state index in [1.54, 1.807) is 0 Å². The third-order valence-electron chi connectivity index (χ3n) is 1.42. The Morgan fingerprint density at radius 3 is 2.87 bits per heavy atom. The van der Waals surface area contributed by atoms with E-state index in [4.69, 9.17) is 11.6 Å². The zero-order valence-corrected chi connectivity index (χ0v) is 9.55. The summed E-state index contributed by atoms with van der Waals surface area (Å²) in [6.45, 7) is 0.114. The molecule has 0 saturated carbocycles. The Bertz CT molecular complexity index is 423. The van der Waals surface area contributed by atoms with Crippen LogP contribution in [0.3, 0.4) is 0 Å². The van der Waals surface area contributed by atoms with Gasteiger partial charge in [0.15, 0.2) is 5.82 Å². The third kappa shape index (κ3) is 4.41. The molecule has 1 aromatic rings. The van der Waals surface area contributed by atoms with Gasteiger partial charge in [-0.3, -0.25) is 9.71 Å². The van der Waals surface area contributed by atoms with Gasteiger partial charge in [-0.2, -0.15) is 0 Å². The van der Waals surface area contributed by atoms with Crippen molar-refractivity contribution in [1.29, 1.82) is 0 Å². The quantitative estimate of drug-likeness (QED) is 0.825. The highest BCUT2D eigenvalue weighted by atomic mass is 35.5. The fraction of sp³-hybridized carbons (Fsp3) is 0.429. The van der Waals surface area contributed by atoms with Gasteiger partial charge in [0.1, 0.15) is 5.15 Å². The summed E-state index contributed by atoms with van der Waals surface area (Å²) < 4.78 is 29.6. The first-order chi connectivity index (χ1) is 7.03. The SMILES string of the molecule is COCCS(=O)(=O)Nc1cncc(Cl)n1. The average molecular weight is 252 g/mol. The van der Waals surface area contributed by atoms with Crippen molar-refractivity contribution in [2.45, 2.75) is 0 Å². The number of methoxy groups -OCH3 is 1. The fourth-order valence-electron chi connectivity index (χ4n) is 0.795. The summed E-state index contributed by atoms with van der Waals surface area (Å²) in [6, 6.07) is 0. The molecule has 84 valence electrons. The molecule has 15 heavy (non-hydrogen) atoms. The second-order valence-electron chi connectivity index (χ2n) is 2.64. The number of anilines is 1. The van der Waals surface area contributed by atoms with Gasteiger partial charge >= 0.3 is 0 Å². The molecule has 1 rings (SSSR count). The van der Waals surface area contributed by atoms with Crippen molar-refractivity contribution in [1.82, 2.24) is 9.97 Å². The number of rotatable bonds is 5. The standard InChI is InChI=1S/C7H10ClN3O3S/c1-14-2-3-15(12,13)11-7-5-9-4-6(8)10-7/h4-5H,2-3H2,1H3,(H,10,11). The number of hydrogen-bond acceptors (Lipinski definition) is 5. The van der Waals surface area contributed by atoms with Crippen LogP contribution in [0.5, 0.6) is 0 Å². The van der Waals surface area contributed by atoms with E-state index in [1.165, 1.54) is 19.5 Å². The van der Waals surface area contributed by atoms with Crippen LogP contribution in [0.25, 0.3) is 0 Å². The van der Waals surface area contributed by atoms with Gasteiger partial charge in [-0.05, 0) is 0 Å². The molecule has 0 spiro atoms. The van der Waals surface area contributed by atoms with E-state index in [1.807, 2.05) is 0 Å². The Kier molecular flexibility index (Phi) is 4.25. The first kappa shape index (κ1) is 12.2. The lowest BCUT2D eigenvalue weighted by Gasteiger charge is -2.05. The van der Waals surface area contributed by atoms with Crippen LogP contribution >= 0.6 is 11.6 Å². The maximum absolute atomic E-state index is 11.4. The molecule has 1 N–H and O–H groups in total. The average Bonchev–Trinajstić information content (AvgIpc) is 2.14. The lowest BCUT2D eigenvalue weighted by Crippen LogP contribution is -2.20. The Morgan fingerprint density at radius 2 is 2.27 bits per heavy atom. The van der Waals surface area contributed by atoms with Crippen LogP contribution in [0.1, 0.15) is 0 Å². The summed E-state index contributed by atoms with van der Waals surface area (Å²) in [6.07, 6.45) is 2.59. The number of sulfonamides is 1. The lowest BCUT2D eigenvalue weighted by molar-refractivity contribution is 0.217. The van der Waals surface area contributed by atoms with Crippen LogP contribution in [-0.4, -0.2) is 37.9 Å². The van der Waals surface area contributed by atoms with Crippen molar-refractivity contribution >= 4 is 27.4 Å². The Balaban J connectivity index is 2.69. The smallest absolute Gasteiger partial charge is 0.236 e. The summed E-state index contributed by atoms with van der Waals surface area (Å²) >= 11 is 5.54.